The van der Waals surface area contributed by atoms with Crippen LogP contribution in [0.15, 0.2) is 35.1 Å². The first-order chi connectivity index (χ1) is 14.5. The second-order valence-electron chi connectivity index (χ2n) is 7.26. The molecule has 1 atom stereocenters. The van der Waals surface area contributed by atoms with Crippen LogP contribution in [0.4, 0.5) is 5.00 Å². The monoisotopic (exact) mass is 426 g/mol. The number of nitrogens with zero attached hydrogens (tertiary/aromatic N) is 2. The van der Waals surface area contributed by atoms with Crippen molar-refractivity contribution in [2.75, 3.05) is 11.9 Å². The number of carbonyl (C=O) groups is 2. The van der Waals surface area contributed by atoms with Crippen LogP contribution >= 0.6 is 11.3 Å². The maximum atomic E-state index is 12.8. The minimum Gasteiger partial charge on any atom is -0.462 e. The van der Waals surface area contributed by atoms with Gasteiger partial charge in [-0.2, -0.15) is 4.68 Å². The molecule has 1 aliphatic carbocycles. The first-order valence-corrected chi connectivity index (χ1v) is 10.7. The molecule has 2 N–H and O–H groups in total. The predicted octanol–water partition coefficient (Wildman–Crippen LogP) is 3.18. The van der Waals surface area contributed by atoms with Gasteiger partial charge in [-0.3, -0.25) is 9.78 Å². The van der Waals surface area contributed by atoms with E-state index in [-0.39, 0.29) is 12.4 Å². The van der Waals surface area contributed by atoms with E-state index in [1.54, 1.807) is 31.2 Å². The fraction of sp³-hybridized carbons (Fsp3) is 0.333. The molecule has 1 unspecified atom stereocenters. The van der Waals surface area contributed by atoms with Crippen molar-refractivity contribution >= 4 is 28.2 Å². The van der Waals surface area contributed by atoms with Gasteiger partial charge in [-0.15, -0.1) is 16.4 Å². The van der Waals surface area contributed by atoms with E-state index < -0.39 is 17.6 Å². The summed E-state index contributed by atoms with van der Waals surface area (Å²) in [5, 5.41) is 7.31. The number of hydrogen-bond acceptors (Lipinski definition) is 6. The zero-order valence-electron chi connectivity index (χ0n) is 16.7. The van der Waals surface area contributed by atoms with Gasteiger partial charge in [-0.05, 0) is 49.8 Å². The first kappa shape index (κ1) is 20.1. The Morgan fingerprint density at radius 3 is 2.83 bits per heavy atom. The molecule has 0 saturated heterocycles. The zero-order valence-corrected chi connectivity index (χ0v) is 17.5. The Morgan fingerprint density at radius 1 is 1.33 bits per heavy atom. The molecule has 0 bridgehead atoms. The van der Waals surface area contributed by atoms with Crippen LogP contribution in [0.2, 0.25) is 0 Å². The number of rotatable bonds is 5. The van der Waals surface area contributed by atoms with Gasteiger partial charge in [-0.1, -0.05) is 25.1 Å². The molecule has 1 amide bonds. The van der Waals surface area contributed by atoms with Crippen LogP contribution in [-0.2, 0) is 17.6 Å². The van der Waals surface area contributed by atoms with E-state index in [1.807, 2.05) is 6.07 Å². The van der Waals surface area contributed by atoms with Gasteiger partial charge >= 0.3 is 11.7 Å². The summed E-state index contributed by atoms with van der Waals surface area (Å²) < 4.78 is 6.35. The Morgan fingerprint density at radius 2 is 2.10 bits per heavy atom. The molecular formula is C21H22N4O4S. The molecule has 3 aromatic rings. The maximum Gasteiger partial charge on any atom is 0.348 e. The third-order valence-corrected chi connectivity index (χ3v) is 6.22. The van der Waals surface area contributed by atoms with Crippen molar-refractivity contribution in [1.29, 1.82) is 0 Å². The molecule has 156 valence electrons. The van der Waals surface area contributed by atoms with Gasteiger partial charge in [0, 0.05) is 4.88 Å². The molecule has 0 fully saturated rings. The number of hydrogen-bond donors (Lipinski definition) is 2. The second kappa shape index (κ2) is 8.27. The lowest BCUT2D eigenvalue weighted by atomic mass is 9.88. The van der Waals surface area contributed by atoms with Crippen LogP contribution in [0.25, 0.3) is 5.69 Å². The average Bonchev–Trinajstić information content (AvgIpc) is 3.28. The molecule has 2 aromatic heterocycles. The zero-order chi connectivity index (χ0) is 21.3. The third kappa shape index (κ3) is 3.80. The van der Waals surface area contributed by atoms with Crippen LogP contribution in [0.5, 0.6) is 0 Å². The highest BCUT2D eigenvalue weighted by Gasteiger charge is 2.29. The Balaban J connectivity index is 1.65. The summed E-state index contributed by atoms with van der Waals surface area (Å²) in [6.45, 7) is 4.17. The van der Waals surface area contributed by atoms with Crippen molar-refractivity contribution < 1.29 is 14.3 Å². The minimum atomic E-state index is -0.584. The van der Waals surface area contributed by atoms with E-state index in [2.05, 4.69) is 22.3 Å². The molecule has 30 heavy (non-hydrogen) atoms. The third-order valence-electron chi connectivity index (χ3n) is 5.05. The molecule has 2 heterocycles. The topological polar surface area (TPSA) is 106 Å². The normalized spacial score (nSPS) is 15.5. The summed E-state index contributed by atoms with van der Waals surface area (Å²) in [5.41, 5.74) is 1.40. The number of aromatic amines is 1. The number of H-pyrrole nitrogens is 1. The van der Waals surface area contributed by atoms with Gasteiger partial charge in [0.1, 0.15) is 5.00 Å². The molecule has 0 aliphatic heterocycles. The van der Waals surface area contributed by atoms with Gasteiger partial charge in [-0.25, -0.2) is 9.59 Å². The van der Waals surface area contributed by atoms with Crippen LogP contribution in [0.3, 0.4) is 0 Å². The Bertz CT molecular complexity index is 1150. The lowest BCUT2D eigenvalue weighted by Crippen LogP contribution is -2.18. The van der Waals surface area contributed by atoms with E-state index in [0.29, 0.717) is 22.2 Å². The molecule has 8 nitrogen and oxygen atoms in total. The number of carbonyl (C=O) groups excluding carboxylic acids is 2. The van der Waals surface area contributed by atoms with E-state index in [0.717, 1.165) is 34.4 Å². The van der Waals surface area contributed by atoms with E-state index in [9.17, 15) is 14.4 Å². The summed E-state index contributed by atoms with van der Waals surface area (Å²) in [6.07, 6.45) is 2.62. The number of anilines is 1. The Labute approximate surface area is 176 Å². The number of benzene rings is 1. The van der Waals surface area contributed by atoms with Crippen LogP contribution in [0, 0.1) is 5.92 Å². The smallest absolute Gasteiger partial charge is 0.348 e. The number of esters is 1. The second-order valence-corrected chi connectivity index (χ2v) is 8.36. The molecule has 1 aliphatic rings. The number of aromatic nitrogens is 3. The van der Waals surface area contributed by atoms with Gasteiger partial charge < -0.3 is 10.1 Å². The summed E-state index contributed by atoms with van der Waals surface area (Å²) in [5.74, 6) is -0.631. The van der Waals surface area contributed by atoms with E-state index in [1.165, 1.54) is 11.3 Å². The van der Waals surface area contributed by atoms with Gasteiger partial charge in [0.15, 0.2) is 0 Å². The van der Waals surface area contributed by atoms with Crippen molar-refractivity contribution in [1.82, 2.24) is 14.8 Å². The molecule has 4 rings (SSSR count). The Hall–Kier alpha value is -3.20. The lowest BCUT2D eigenvalue weighted by Gasteiger charge is -2.18. The molecule has 9 heteroatoms. The van der Waals surface area contributed by atoms with Crippen molar-refractivity contribution in [2.24, 2.45) is 5.92 Å². The fourth-order valence-corrected chi connectivity index (χ4v) is 4.99. The number of nitrogens with one attached hydrogen (secondary N) is 2. The molecule has 0 saturated carbocycles. The molecule has 0 radical (unpaired) electrons. The van der Waals surface area contributed by atoms with Gasteiger partial charge in [0.05, 0.1) is 17.9 Å². The average molecular weight is 426 g/mol. The predicted molar refractivity (Wildman–Crippen MR) is 114 cm³/mol. The van der Waals surface area contributed by atoms with E-state index in [4.69, 9.17) is 4.74 Å². The highest BCUT2D eigenvalue weighted by molar-refractivity contribution is 7.17. The summed E-state index contributed by atoms with van der Waals surface area (Å²) >= 11 is 1.39. The number of para-hydroxylation sites is 1. The Kier molecular flexibility index (Phi) is 5.54. The number of thiophene rings is 1. The van der Waals surface area contributed by atoms with Gasteiger partial charge in [0.2, 0.25) is 5.82 Å². The van der Waals surface area contributed by atoms with Crippen molar-refractivity contribution in [2.45, 2.75) is 33.1 Å². The lowest BCUT2D eigenvalue weighted by molar-refractivity contribution is 0.0526. The van der Waals surface area contributed by atoms with Crippen LogP contribution < -0.4 is 11.0 Å². The summed E-state index contributed by atoms with van der Waals surface area (Å²) in [6, 6.07) is 8.82. The highest BCUT2D eigenvalue weighted by atomic mass is 32.1. The SMILES string of the molecule is CCOC(=O)c1c(NC(=O)c2nn(-c3ccccc3)c(=O)[nH]2)sc2c1CCC(C)C2. The molecular weight excluding hydrogens is 404 g/mol. The largest absolute Gasteiger partial charge is 0.462 e. The van der Waals surface area contributed by atoms with Crippen LogP contribution in [0.1, 0.15) is 51.7 Å². The summed E-state index contributed by atoms with van der Waals surface area (Å²) in [4.78, 5) is 41.2. The first-order valence-electron chi connectivity index (χ1n) is 9.85. The maximum absolute atomic E-state index is 12.8. The quantitative estimate of drug-likeness (QED) is 0.610. The van der Waals surface area contributed by atoms with Crippen molar-refractivity contribution in [3.8, 4) is 5.69 Å². The van der Waals surface area contributed by atoms with E-state index >= 15 is 0 Å². The van der Waals surface area contributed by atoms with Crippen molar-refractivity contribution in [3.05, 3.63) is 62.6 Å². The molecule has 1 aromatic carbocycles. The summed E-state index contributed by atoms with van der Waals surface area (Å²) in [7, 11) is 0. The van der Waals surface area contributed by atoms with Crippen molar-refractivity contribution in [3.63, 3.8) is 0 Å². The number of ether oxygens (including phenoxy) is 1. The highest BCUT2D eigenvalue weighted by Crippen LogP contribution is 2.40. The molecule has 0 spiro atoms. The van der Waals surface area contributed by atoms with Crippen LogP contribution in [-0.4, -0.2) is 33.2 Å². The fourth-order valence-electron chi connectivity index (χ4n) is 3.59. The van der Waals surface area contributed by atoms with Gasteiger partial charge in [0.25, 0.3) is 5.91 Å². The number of amides is 1. The standard InChI is InChI=1S/C21H22N4O4S/c1-3-29-20(27)16-14-10-9-12(2)11-15(14)30-19(16)23-18(26)17-22-21(28)25(24-17)13-7-5-4-6-8-13/h4-8,12H,3,9-11H2,1-2H3,(H,23,26)(H,22,24,28). The minimum absolute atomic E-state index is 0.126. The number of fused-ring (bicyclic) bond motifs is 1.